The third kappa shape index (κ3) is 2.59. The van der Waals surface area contributed by atoms with Gasteiger partial charge in [-0.3, -0.25) is 0 Å². The molecule has 2 heterocycles. The normalized spacial score (nSPS) is 11.8. The van der Waals surface area contributed by atoms with Crippen molar-refractivity contribution in [2.45, 2.75) is 6.54 Å². The van der Waals surface area contributed by atoms with Crippen LogP contribution in [0.25, 0.3) is 33.1 Å². The van der Waals surface area contributed by atoms with Gasteiger partial charge in [-0.2, -0.15) is 0 Å². The molecule has 0 radical (unpaired) electrons. The van der Waals surface area contributed by atoms with Gasteiger partial charge in [0.05, 0.1) is 0 Å². The van der Waals surface area contributed by atoms with Crippen LogP contribution in [0.15, 0.2) is 53.3 Å². The lowest BCUT2D eigenvalue weighted by atomic mass is 10.0. The third-order valence-electron chi connectivity index (χ3n) is 4.15. The van der Waals surface area contributed by atoms with Gasteiger partial charge in [0.15, 0.2) is 0 Å². The van der Waals surface area contributed by atoms with E-state index in [2.05, 4.69) is 70.4 Å². The summed E-state index contributed by atoms with van der Waals surface area (Å²) in [6.45, 7) is 2.00. The molecule has 0 aliphatic rings. The predicted octanol–water partition coefficient (Wildman–Crippen LogP) is 3.41. The Bertz CT molecular complexity index is 967. The second-order valence-corrected chi connectivity index (χ2v) is 6.05. The molecule has 0 aliphatic carbocycles. The first-order valence-electron chi connectivity index (χ1n) is 7.67. The summed E-state index contributed by atoms with van der Waals surface area (Å²) >= 11 is 0. The standard InChI is InChI=1S/C18H18N4O/c1-21(2)9-10-22-8-7-13-3-4-15(12-18(13)22)14-5-6-16-17(11-14)20-23-19-16/h3-8,11-12H,9-10H2,1-2H3. The molecule has 0 saturated carbocycles. The zero-order valence-electron chi connectivity index (χ0n) is 13.2. The molecule has 5 nitrogen and oxygen atoms in total. The summed E-state index contributed by atoms with van der Waals surface area (Å²) in [5, 5.41) is 9.04. The number of rotatable bonds is 4. The summed E-state index contributed by atoms with van der Waals surface area (Å²) in [6, 6.07) is 14.7. The molecular formula is C18H18N4O. The van der Waals surface area contributed by atoms with Gasteiger partial charge >= 0.3 is 0 Å². The minimum atomic E-state index is 0.782. The van der Waals surface area contributed by atoms with E-state index < -0.39 is 0 Å². The first kappa shape index (κ1) is 14.0. The summed E-state index contributed by atoms with van der Waals surface area (Å²) < 4.78 is 7.08. The average molecular weight is 306 g/mol. The van der Waals surface area contributed by atoms with Crippen molar-refractivity contribution >= 4 is 21.9 Å². The lowest BCUT2D eigenvalue weighted by Crippen LogP contribution is -2.17. The Morgan fingerprint density at radius 1 is 0.957 bits per heavy atom. The maximum absolute atomic E-state index is 4.78. The summed E-state index contributed by atoms with van der Waals surface area (Å²) in [5.74, 6) is 0. The van der Waals surface area contributed by atoms with E-state index in [1.54, 1.807) is 0 Å². The first-order valence-corrected chi connectivity index (χ1v) is 7.67. The van der Waals surface area contributed by atoms with Crippen LogP contribution in [-0.2, 0) is 6.54 Å². The number of hydrogen-bond acceptors (Lipinski definition) is 4. The molecule has 0 spiro atoms. The zero-order chi connectivity index (χ0) is 15.8. The van der Waals surface area contributed by atoms with Gasteiger partial charge in [0.1, 0.15) is 11.0 Å². The fourth-order valence-corrected chi connectivity index (χ4v) is 2.83. The number of nitrogens with zero attached hydrogens (tertiary/aromatic N) is 4. The van der Waals surface area contributed by atoms with Crippen LogP contribution < -0.4 is 0 Å². The molecule has 5 heteroatoms. The first-order chi connectivity index (χ1) is 11.2. The Balaban J connectivity index is 1.76. The van der Waals surface area contributed by atoms with E-state index in [0.29, 0.717) is 0 Å². The topological polar surface area (TPSA) is 47.1 Å². The van der Waals surface area contributed by atoms with Crippen LogP contribution in [0.2, 0.25) is 0 Å². The molecule has 0 aliphatic heterocycles. The molecule has 23 heavy (non-hydrogen) atoms. The minimum absolute atomic E-state index is 0.782. The summed E-state index contributed by atoms with van der Waals surface area (Å²) in [5.41, 5.74) is 5.11. The van der Waals surface area contributed by atoms with Gasteiger partial charge in [-0.15, -0.1) is 0 Å². The molecule has 0 saturated heterocycles. The number of aromatic nitrogens is 3. The van der Waals surface area contributed by atoms with Crippen LogP contribution >= 0.6 is 0 Å². The van der Waals surface area contributed by atoms with E-state index in [1.165, 1.54) is 16.5 Å². The monoisotopic (exact) mass is 306 g/mol. The fraction of sp³-hybridized carbons (Fsp3) is 0.222. The van der Waals surface area contributed by atoms with E-state index in [4.69, 9.17) is 4.63 Å². The van der Waals surface area contributed by atoms with Gasteiger partial charge in [-0.05, 0) is 65.2 Å². The lowest BCUT2D eigenvalue weighted by Gasteiger charge is -2.11. The highest BCUT2D eigenvalue weighted by Crippen LogP contribution is 2.27. The number of benzene rings is 2. The highest BCUT2D eigenvalue weighted by molar-refractivity contribution is 5.87. The van der Waals surface area contributed by atoms with E-state index >= 15 is 0 Å². The molecule has 0 unspecified atom stereocenters. The summed E-state index contributed by atoms with van der Waals surface area (Å²) in [7, 11) is 4.19. The van der Waals surface area contributed by atoms with Crippen molar-refractivity contribution in [3.63, 3.8) is 0 Å². The molecule has 0 atom stereocenters. The molecule has 0 bridgehead atoms. The molecular weight excluding hydrogens is 288 g/mol. The van der Waals surface area contributed by atoms with Gasteiger partial charge < -0.3 is 9.47 Å². The van der Waals surface area contributed by atoms with Gasteiger partial charge in [-0.25, -0.2) is 4.63 Å². The number of hydrogen-bond donors (Lipinski definition) is 0. The maximum atomic E-state index is 4.78. The lowest BCUT2D eigenvalue weighted by molar-refractivity contribution is 0.315. The third-order valence-corrected chi connectivity index (χ3v) is 4.15. The zero-order valence-corrected chi connectivity index (χ0v) is 13.2. The molecule has 0 fully saturated rings. The van der Waals surface area contributed by atoms with Gasteiger partial charge in [0, 0.05) is 24.8 Å². The van der Waals surface area contributed by atoms with Gasteiger partial charge in [-0.1, -0.05) is 18.2 Å². The second-order valence-electron chi connectivity index (χ2n) is 6.05. The highest BCUT2D eigenvalue weighted by atomic mass is 16.6. The van der Waals surface area contributed by atoms with Crippen LogP contribution in [0.4, 0.5) is 0 Å². The summed E-state index contributed by atoms with van der Waals surface area (Å²) in [6.07, 6.45) is 2.16. The van der Waals surface area contributed by atoms with Gasteiger partial charge in [0.25, 0.3) is 0 Å². The average Bonchev–Trinajstić information content (AvgIpc) is 3.18. The van der Waals surface area contributed by atoms with Crippen molar-refractivity contribution in [3.05, 3.63) is 48.7 Å². The molecule has 4 rings (SSSR count). The molecule has 0 amide bonds. The molecule has 0 N–H and O–H groups in total. The SMILES string of the molecule is CN(C)CCn1ccc2ccc(-c3ccc4nonc4c3)cc21. The summed E-state index contributed by atoms with van der Waals surface area (Å²) in [4.78, 5) is 2.20. The van der Waals surface area contributed by atoms with Crippen LogP contribution in [0.3, 0.4) is 0 Å². The minimum Gasteiger partial charge on any atom is -0.346 e. The van der Waals surface area contributed by atoms with Crippen molar-refractivity contribution in [1.29, 1.82) is 0 Å². The highest BCUT2D eigenvalue weighted by Gasteiger charge is 2.07. The van der Waals surface area contributed by atoms with E-state index in [-0.39, 0.29) is 0 Å². The molecule has 116 valence electrons. The maximum Gasteiger partial charge on any atom is 0.135 e. The van der Waals surface area contributed by atoms with E-state index in [0.717, 1.165) is 29.7 Å². The fourth-order valence-electron chi connectivity index (χ4n) is 2.83. The van der Waals surface area contributed by atoms with Crippen LogP contribution in [0, 0.1) is 0 Å². The van der Waals surface area contributed by atoms with Crippen LogP contribution in [0.1, 0.15) is 0 Å². The van der Waals surface area contributed by atoms with Crippen LogP contribution in [0.5, 0.6) is 0 Å². The quantitative estimate of drug-likeness (QED) is 0.580. The van der Waals surface area contributed by atoms with Crippen molar-refractivity contribution in [2.24, 2.45) is 0 Å². The number of likely N-dealkylation sites (N-methyl/N-ethyl adjacent to an activating group) is 1. The van der Waals surface area contributed by atoms with Crippen molar-refractivity contribution in [2.75, 3.05) is 20.6 Å². The van der Waals surface area contributed by atoms with Crippen molar-refractivity contribution < 1.29 is 4.63 Å². The Morgan fingerprint density at radius 2 is 1.74 bits per heavy atom. The predicted molar refractivity (Wildman–Crippen MR) is 91.3 cm³/mol. The Kier molecular flexibility index (Phi) is 3.35. The smallest absolute Gasteiger partial charge is 0.135 e. The van der Waals surface area contributed by atoms with Crippen molar-refractivity contribution in [1.82, 2.24) is 19.8 Å². The second kappa shape index (κ2) is 5.52. The number of fused-ring (bicyclic) bond motifs is 2. The van der Waals surface area contributed by atoms with E-state index in [9.17, 15) is 0 Å². The Hall–Kier alpha value is -2.66. The van der Waals surface area contributed by atoms with Crippen LogP contribution in [-0.4, -0.2) is 40.4 Å². The largest absolute Gasteiger partial charge is 0.346 e. The van der Waals surface area contributed by atoms with Crippen molar-refractivity contribution in [3.8, 4) is 11.1 Å². The molecule has 2 aromatic carbocycles. The Labute approximate surface area is 134 Å². The van der Waals surface area contributed by atoms with E-state index in [1.807, 2.05) is 12.1 Å². The Morgan fingerprint density at radius 3 is 2.61 bits per heavy atom. The van der Waals surface area contributed by atoms with Gasteiger partial charge in [0.2, 0.25) is 0 Å². The molecule has 4 aromatic rings. The molecule has 2 aromatic heterocycles.